The number of hydrogen-bond acceptors (Lipinski definition) is 4. The Kier molecular flexibility index (Phi) is 3.47. The summed E-state index contributed by atoms with van der Waals surface area (Å²) in [6.45, 7) is 5.07. The molecule has 0 bridgehead atoms. The van der Waals surface area contributed by atoms with Crippen LogP contribution in [0.4, 0.5) is 0 Å². The van der Waals surface area contributed by atoms with Crippen molar-refractivity contribution in [3.8, 4) is 0 Å². The van der Waals surface area contributed by atoms with Gasteiger partial charge < -0.3 is 4.74 Å². The summed E-state index contributed by atoms with van der Waals surface area (Å²) in [6, 6.07) is -0.848. The van der Waals surface area contributed by atoms with Crippen LogP contribution in [0.1, 0.15) is 20.8 Å². The molecule has 1 heterocycles. The Morgan fingerprint density at radius 1 is 1.38 bits per heavy atom. The molecule has 0 fully saturated rings. The van der Waals surface area contributed by atoms with Crippen molar-refractivity contribution in [2.45, 2.75) is 26.8 Å². The van der Waals surface area contributed by atoms with Crippen LogP contribution in [0.25, 0.3) is 0 Å². The fourth-order valence-electron chi connectivity index (χ4n) is 1.67. The van der Waals surface area contributed by atoms with Crippen LogP contribution in [0.3, 0.4) is 0 Å². The predicted octanol–water partition coefficient (Wildman–Crippen LogP) is 0.499. The summed E-state index contributed by atoms with van der Waals surface area (Å²) in [5.41, 5.74) is 0.347. The van der Waals surface area contributed by atoms with Crippen LogP contribution in [0.5, 0.6) is 0 Å². The summed E-state index contributed by atoms with van der Waals surface area (Å²) in [7, 11) is 1.24. The number of nitrogens with zero attached hydrogens (tertiary/aromatic N) is 1. The molecule has 2 amide bonds. The molecule has 0 aromatic carbocycles. The highest BCUT2D eigenvalue weighted by molar-refractivity contribution is 6.17. The second kappa shape index (κ2) is 4.47. The Morgan fingerprint density at radius 2 is 1.94 bits per heavy atom. The van der Waals surface area contributed by atoms with Crippen molar-refractivity contribution in [3.05, 3.63) is 11.6 Å². The third-order valence-electron chi connectivity index (χ3n) is 2.49. The van der Waals surface area contributed by atoms with Crippen LogP contribution in [0.15, 0.2) is 11.6 Å². The zero-order valence-electron chi connectivity index (χ0n) is 9.81. The minimum absolute atomic E-state index is 0.181. The molecule has 88 valence electrons. The number of methoxy groups -OCH3 is 1. The molecule has 0 aromatic rings. The molecule has 1 atom stereocenters. The minimum Gasteiger partial charge on any atom is -0.467 e. The quantitative estimate of drug-likeness (QED) is 0.518. The Hall–Kier alpha value is -1.65. The summed E-state index contributed by atoms with van der Waals surface area (Å²) >= 11 is 0. The van der Waals surface area contributed by atoms with E-state index < -0.39 is 23.8 Å². The molecule has 0 aliphatic carbocycles. The van der Waals surface area contributed by atoms with Gasteiger partial charge in [0, 0.05) is 11.6 Å². The van der Waals surface area contributed by atoms with E-state index in [1.165, 1.54) is 13.2 Å². The van der Waals surface area contributed by atoms with Crippen molar-refractivity contribution >= 4 is 17.8 Å². The van der Waals surface area contributed by atoms with Gasteiger partial charge in [0.25, 0.3) is 11.8 Å². The van der Waals surface area contributed by atoms with Crippen molar-refractivity contribution in [1.82, 2.24) is 4.90 Å². The molecular formula is C11H15NO4. The zero-order valence-corrected chi connectivity index (χ0v) is 9.81. The molecule has 1 unspecified atom stereocenters. The van der Waals surface area contributed by atoms with Crippen molar-refractivity contribution < 1.29 is 19.1 Å². The van der Waals surface area contributed by atoms with E-state index in [1.54, 1.807) is 20.8 Å². The van der Waals surface area contributed by atoms with Crippen LogP contribution < -0.4 is 0 Å². The van der Waals surface area contributed by atoms with Crippen molar-refractivity contribution in [2.75, 3.05) is 7.11 Å². The Morgan fingerprint density at radius 3 is 2.25 bits per heavy atom. The molecule has 16 heavy (non-hydrogen) atoms. The highest BCUT2D eigenvalue weighted by Gasteiger charge is 2.40. The zero-order chi connectivity index (χ0) is 12.5. The van der Waals surface area contributed by atoms with Crippen LogP contribution in [-0.2, 0) is 19.1 Å². The molecule has 1 rings (SSSR count). The number of esters is 1. The molecule has 5 heteroatoms. The maximum Gasteiger partial charge on any atom is 0.329 e. The maximum atomic E-state index is 11.7. The van der Waals surface area contributed by atoms with E-state index in [2.05, 4.69) is 4.74 Å². The van der Waals surface area contributed by atoms with E-state index in [4.69, 9.17) is 0 Å². The number of rotatable bonds is 3. The molecule has 0 saturated carbocycles. The van der Waals surface area contributed by atoms with E-state index in [9.17, 15) is 14.4 Å². The highest BCUT2D eigenvalue weighted by atomic mass is 16.5. The molecule has 0 spiro atoms. The molecular weight excluding hydrogens is 210 g/mol. The number of carbonyl (C=O) groups is 3. The van der Waals surface area contributed by atoms with Gasteiger partial charge in [-0.2, -0.15) is 0 Å². The molecule has 0 radical (unpaired) electrons. The second-order valence-corrected chi connectivity index (χ2v) is 4.05. The standard InChI is InChI=1S/C11H15NO4/c1-6(2)9(11(15)16-4)12-8(13)5-7(3)10(12)14/h5-6,9H,1-4H3. The van der Waals surface area contributed by atoms with Crippen LogP contribution >= 0.6 is 0 Å². The van der Waals surface area contributed by atoms with Crippen molar-refractivity contribution in [2.24, 2.45) is 5.92 Å². The monoisotopic (exact) mass is 225 g/mol. The van der Waals surface area contributed by atoms with E-state index in [1.807, 2.05) is 0 Å². The number of amides is 2. The normalized spacial score (nSPS) is 17.8. The van der Waals surface area contributed by atoms with Crippen molar-refractivity contribution in [3.63, 3.8) is 0 Å². The largest absolute Gasteiger partial charge is 0.467 e. The van der Waals surface area contributed by atoms with Gasteiger partial charge in [0.15, 0.2) is 0 Å². The third kappa shape index (κ3) is 1.98. The summed E-state index contributed by atoms with van der Waals surface area (Å²) in [4.78, 5) is 35.8. The smallest absolute Gasteiger partial charge is 0.329 e. The number of hydrogen-bond donors (Lipinski definition) is 0. The van der Waals surface area contributed by atoms with Crippen molar-refractivity contribution in [1.29, 1.82) is 0 Å². The summed E-state index contributed by atoms with van der Waals surface area (Å²) in [5.74, 6) is -1.62. The van der Waals surface area contributed by atoms with Gasteiger partial charge in [0.05, 0.1) is 7.11 Å². The molecule has 1 aliphatic rings. The lowest BCUT2D eigenvalue weighted by Gasteiger charge is -2.27. The Bertz CT molecular complexity index is 370. The first-order valence-electron chi connectivity index (χ1n) is 5.03. The van der Waals surface area contributed by atoms with E-state index >= 15 is 0 Å². The van der Waals surface area contributed by atoms with Gasteiger partial charge in [0.2, 0.25) is 0 Å². The van der Waals surface area contributed by atoms with Gasteiger partial charge in [-0.25, -0.2) is 4.79 Å². The van der Waals surface area contributed by atoms with Crippen LogP contribution in [-0.4, -0.2) is 35.8 Å². The maximum absolute atomic E-state index is 11.7. The average Bonchev–Trinajstić information content (AvgIpc) is 2.44. The van der Waals surface area contributed by atoms with Gasteiger partial charge in [-0.1, -0.05) is 13.8 Å². The molecule has 1 aliphatic heterocycles. The molecule has 0 saturated heterocycles. The van der Waals surface area contributed by atoms with Crippen LogP contribution in [0.2, 0.25) is 0 Å². The lowest BCUT2D eigenvalue weighted by Crippen LogP contribution is -2.48. The predicted molar refractivity (Wildman–Crippen MR) is 56.3 cm³/mol. The van der Waals surface area contributed by atoms with Gasteiger partial charge >= 0.3 is 5.97 Å². The first kappa shape index (κ1) is 12.4. The van der Waals surface area contributed by atoms with E-state index in [0.29, 0.717) is 5.57 Å². The summed E-state index contributed by atoms with van der Waals surface area (Å²) in [6.07, 6.45) is 1.24. The number of carbonyl (C=O) groups excluding carboxylic acids is 3. The molecule has 5 nitrogen and oxygen atoms in total. The van der Waals surface area contributed by atoms with Gasteiger partial charge in [0.1, 0.15) is 6.04 Å². The fourth-order valence-corrected chi connectivity index (χ4v) is 1.67. The molecule has 0 aromatic heterocycles. The second-order valence-electron chi connectivity index (χ2n) is 4.05. The van der Waals surface area contributed by atoms with Gasteiger partial charge in [-0.3, -0.25) is 14.5 Å². The highest BCUT2D eigenvalue weighted by Crippen LogP contribution is 2.21. The van der Waals surface area contributed by atoms with Gasteiger partial charge in [-0.15, -0.1) is 0 Å². The first-order chi connectivity index (χ1) is 7.40. The Balaban J connectivity index is 3.02. The fraction of sp³-hybridized carbons (Fsp3) is 0.545. The van der Waals surface area contributed by atoms with E-state index in [-0.39, 0.29) is 5.92 Å². The lowest BCUT2D eigenvalue weighted by atomic mass is 10.0. The number of imide groups is 1. The number of ether oxygens (including phenoxy) is 1. The van der Waals surface area contributed by atoms with E-state index in [0.717, 1.165) is 4.90 Å². The first-order valence-corrected chi connectivity index (χ1v) is 5.03. The lowest BCUT2D eigenvalue weighted by molar-refractivity contribution is -0.157. The minimum atomic E-state index is -0.848. The molecule has 0 N–H and O–H groups in total. The third-order valence-corrected chi connectivity index (χ3v) is 2.49. The Labute approximate surface area is 94.1 Å². The van der Waals surface area contributed by atoms with Crippen LogP contribution in [0, 0.1) is 5.92 Å². The summed E-state index contributed by atoms with van der Waals surface area (Å²) < 4.78 is 4.61. The van der Waals surface area contributed by atoms with Gasteiger partial charge in [-0.05, 0) is 12.8 Å². The SMILES string of the molecule is COC(=O)C(C(C)C)N1C(=O)C=C(C)C1=O. The topological polar surface area (TPSA) is 63.7 Å². The summed E-state index contributed by atoms with van der Waals surface area (Å²) in [5, 5.41) is 0. The average molecular weight is 225 g/mol.